The molecular weight excluding hydrogens is 291 g/mol. The summed E-state index contributed by atoms with van der Waals surface area (Å²) in [5, 5.41) is 0. The quantitative estimate of drug-likeness (QED) is 0.866. The molecule has 0 spiro atoms. The van der Waals surface area contributed by atoms with Gasteiger partial charge in [0.05, 0.1) is 5.56 Å². The van der Waals surface area contributed by atoms with E-state index in [1.165, 1.54) is 6.07 Å². The minimum atomic E-state index is -4.37. The summed E-state index contributed by atoms with van der Waals surface area (Å²) < 4.78 is 39.7. The van der Waals surface area contributed by atoms with Crippen LogP contribution in [0.5, 0.6) is 0 Å². The molecule has 0 saturated carbocycles. The summed E-state index contributed by atoms with van der Waals surface area (Å²) >= 11 is 0. The van der Waals surface area contributed by atoms with E-state index in [-0.39, 0.29) is 5.69 Å². The number of halogens is 3. The molecule has 22 heavy (non-hydrogen) atoms. The molecule has 1 heterocycles. The Kier molecular flexibility index (Phi) is 5.02. The number of alkyl halides is 3. The Bertz CT molecular complexity index is 514. The van der Waals surface area contributed by atoms with E-state index in [2.05, 4.69) is 16.7 Å². The third-order valence-electron chi connectivity index (χ3n) is 4.32. The van der Waals surface area contributed by atoms with Crippen LogP contribution in [0.2, 0.25) is 0 Å². The number of likely N-dealkylation sites (tertiary alicyclic amines) is 1. The van der Waals surface area contributed by atoms with Crippen LogP contribution in [-0.2, 0) is 12.7 Å². The number of likely N-dealkylation sites (N-methyl/N-ethyl adjacent to an activating group) is 1. The lowest BCUT2D eigenvalue weighted by Gasteiger charge is -2.31. The third-order valence-corrected chi connectivity index (χ3v) is 4.32. The molecule has 0 aliphatic carbocycles. The number of rotatable bonds is 4. The number of anilines is 1. The van der Waals surface area contributed by atoms with Crippen LogP contribution >= 0.6 is 0 Å². The molecule has 2 N–H and O–H groups in total. The van der Waals surface area contributed by atoms with Gasteiger partial charge in [-0.1, -0.05) is 6.07 Å². The average Bonchev–Trinajstić information content (AvgIpc) is 2.71. The Balaban J connectivity index is 2.25. The van der Waals surface area contributed by atoms with Gasteiger partial charge in [-0.3, -0.25) is 4.90 Å². The van der Waals surface area contributed by atoms with E-state index >= 15 is 0 Å². The third kappa shape index (κ3) is 3.93. The number of nitrogen functional groups attached to an aromatic ring is 1. The van der Waals surface area contributed by atoms with Crippen molar-refractivity contribution in [2.45, 2.75) is 44.6 Å². The van der Waals surface area contributed by atoms with E-state index in [4.69, 9.17) is 5.73 Å². The van der Waals surface area contributed by atoms with E-state index in [1.54, 1.807) is 6.07 Å². The molecule has 1 aliphatic heterocycles. The van der Waals surface area contributed by atoms with Gasteiger partial charge in [0.15, 0.2) is 0 Å². The first-order valence-corrected chi connectivity index (χ1v) is 7.54. The monoisotopic (exact) mass is 315 g/mol. The first kappa shape index (κ1) is 17.1. The van der Waals surface area contributed by atoms with Crippen LogP contribution in [-0.4, -0.2) is 42.5 Å². The Labute approximate surface area is 129 Å². The van der Waals surface area contributed by atoms with E-state index in [0.29, 0.717) is 24.2 Å². The smallest absolute Gasteiger partial charge is 0.399 e. The zero-order chi connectivity index (χ0) is 16.5. The molecule has 0 bridgehead atoms. The maximum absolute atomic E-state index is 13.2. The highest BCUT2D eigenvalue weighted by Gasteiger charge is 2.36. The van der Waals surface area contributed by atoms with E-state index in [9.17, 15) is 13.2 Å². The van der Waals surface area contributed by atoms with Crippen molar-refractivity contribution in [2.24, 2.45) is 0 Å². The summed E-state index contributed by atoms with van der Waals surface area (Å²) in [5.74, 6) is 0. The van der Waals surface area contributed by atoms with Crippen LogP contribution in [0.4, 0.5) is 18.9 Å². The highest BCUT2D eigenvalue weighted by Crippen LogP contribution is 2.35. The highest BCUT2D eigenvalue weighted by molar-refractivity contribution is 5.46. The summed E-state index contributed by atoms with van der Waals surface area (Å²) in [5.41, 5.74) is 5.37. The lowest BCUT2D eigenvalue weighted by atomic mass is 10.0. The van der Waals surface area contributed by atoms with E-state index in [0.717, 1.165) is 25.5 Å². The van der Waals surface area contributed by atoms with Crippen molar-refractivity contribution in [3.8, 4) is 0 Å². The predicted molar refractivity (Wildman–Crippen MR) is 82.4 cm³/mol. The van der Waals surface area contributed by atoms with Crippen molar-refractivity contribution in [3.63, 3.8) is 0 Å². The van der Waals surface area contributed by atoms with Gasteiger partial charge in [-0.05, 0) is 51.6 Å². The Morgan fingerprint density at radius 2 is 1.95 bits per heavy atom. The van der Waals surface area contributed by atoms with Crippen LogP contribution in [0, 0.1) is 0 Å². The van der Waals surface area contributed by atoms with Crippen LogP contribution < -0.4 is 5.73 Å². The van der Waals surface area contributed by atoms with Gasteiger partial charge >= 0.3 is 6.18 Å². The lowest BCUT2D eigenvalue weighted by molar-refractivity contribution is -0.138. The van der Waals surface area contributed by atoms with Crippen molar-refractivity contribution in [2.75, 3.05) is 26.4 Å². The van der Waals surface area contributed by atoms with Crippen molar-refractivity contribution in [3.05, 3.63) is 29.3 Å². The summed E-state index contributed by atoms with van der Waals surface area (Å²) in [6.07, 6.45) is -2.32. The molecule has 1 aromatic carbocycles. The van der Waals surface area contributed by atoms with Crippen LogP contribution in [0.15, 0.2) is 18.2 Å². The second-order valence-electron chi connectivity index (χ2n) is 6.43. The van der Waals surface area contributed by atoms with Gasteiger partial charge in [-0.2, -0.15) is 13.2 Å². The van der Waals surface area contributed by atoms with Crippen LogP contribution in [0.3, 0.4) is 0 Å². The fraction of sp³-hybridized carbons (Fsp3) is 0.625. The summed E-state index contributed by atoms with van der Waals surface area (Å²) in [4.78, 5) is 4.27. The van der Waals surface area contributed by atoms with E-state index < -0.39 is 11.7 Å². The molecule has 1 fully saturated rings. The second-order valence-corrected chi connectivity index (χ2v) is 6.43. The number of nitrogens with two attached hydrogens (primary N) is 1. The van der Waals surface area contributed by atoms with Gasteiger partial charge in [0.25, 0.3) is 0 Å². The minimum absolute atomic E-state index is 0.149. The van der Waals surface area contributed by atoms with Gasteiger partial charge < -0.3 is 10.6 Å². The molecule has 2 unspecified atom stereocenters. The Morgan fingerprint density at radius 3 is 2.55 bits per heavy atom. The molecule has 124 valence electrons. The van der Waals surface area contributed by atoms with Crippen LogP contribution in [0.25, 0.3) is 0 Å². The topological polar surface area (TPSA) is 32.5 Å². The first-order chi connectivity index (χ1) is 10.2. The van der Waals surface area contributed by atoms with Gasteiger partial charge in [0.2, 0.25) is 0 Å². The lowest BCUT2D eigenvalue weighted by Crippen LogP contribution is -2.40. The van der Waals surface area contributed by atoms with E-state index in [1.807, 2.05) is 14.1 Å². The molecule has 1 aromatic rings. The Morgan fingerprint density at radius 1 is 1.27 bits per heavy atom. The summed E-state index contributed by atoms with van der Waals surface area (Å²) in [6.45, 7) is 3.26. The fourth-order valence-electron chi connectivity index (χ4n) is 3.22. The molecule has 3 nitrogen and oxygen atoms in total. The summed E-state index contributed by atoms with van der Waals surface area (Å²) in [6, 6.07) is 4.69. The molecule has 1 aliphatic rings. The van der Waals surface area contributed by atoms with Crippen LogP contribution in [0.1, 0.15) is 30.9 Å². The molecular formula is C16H24F3N3. The van der Waals surface area contributed by atoms with Gasteiger partial charge in [0, 0.05) is 30.9 Å². The molecule has 2 atom stereocenters. The van der Waals surface area contributed by atoms with Gasteiger partial charge in [0.1, 0.15) is 0 Å². The largest absolute Gasteiger partial charge is 0.416 e. The first-order valence-electron chi connectivity index (χ1n) is 7.54. The maximum atomic E-state index is 13.2. The normalized spacial score (nSPS) is 23.4. The van der Waals surface area contributed by atoms with Crippen molar-refractivity contribution in [1.29, 1.82) is 0 Å². The van der Waals surface area contributed by atoms with Crippen molar-refractivity contribution in [1.82, 2.24) is 9.80 Å². The summed E-state index contributed by atoms with van der Waals surface area (Å²) in [7, 11) is 3.98. The molecule has 0 radical (unpaired) electrons. The average molecular weight is 315 g/mol. The predicted octanol–water partition coefficient (Wildman–Crippen LogP) is 3.20. The molecule has 2 rings (SSSR count). The van der Waals surface area contributed by atoms with Crippen molar-refractivity contribution < 1.29 is 13.2 Å². The standard InChI is InChI=1S/C16H24F3N3/c1-11-4-7-14(10-21(2)3)22(11)9-12-5-6-13(20)8-15(12)16(17,18)19/h5-6,8,11,14H,4,7,9-10,20H2,1-3H3. The fourth-order valence-corrected chi connectivity index (χ4v) is 3.22. The number of nitrogens with zero attached hydrogens (tertiary/aromatic N) is 2. The zero-order valence-corrected chi connectivity index (χ0v) is 13.3. The Hall–Kier alpha value is -1.27. The molecule has 0 amide bonds. The minimum Gasteiger partial charge on any atom is -0.399 e. The second kappa shape index (κ2) is 6.46. The number of hydrogen-bond donors (Lipinski definition) is 1. The zero-order valence-electron chi connectivity index (χ0n) is 13.3. The molecule has 1 saturated heterocycles. The number of benzene rings is 1. The maximum Gasteiger partial charge on any atom is 0.416 e. The molecule has 6 heteroatoms. The number of hydrogen-bond acceptors (Lipinski definition) is 3. The van der Waals surface area contributed by atoms with Gasteiger partial charge in [-0.25, -0.2) is 0 Å². The highest BCUT2D eigenvalue weighted by atomic mass is 19.4. The SMILES string of the molecule is CC1CCC(CN(C)C)N1Cc1ccc(N)cc1C(F)(F)F. The van der Waals surface area contributed by atoms with Gasteiger partial charge in [-0.15, -0.1) is 0 Å². The van der Waals surface area contributed by atoms with Crippen molar-refractivity contribution >= 4 is 5.69 Å². The molecule has 0 aromatic heterocycles.